The highest BCUT2D eigenvalue weighted by Gasteiger charge is 2.06. The monoisotopic (exact) mass is 314 g/mol. The topological polar surface area (TPSA) is 70.6 Å². The maximum atomic E-state index is 11.2. The van der Waals surface area contributed by atoms with Gasteiger partial charge in [0.05, 0.1) is 0 Å². The molecule has 0 bridgehead atoms. The molecule has 1 amide bonds. The van der Waals surface area contributed by atoms with E-state index in [1.807, 2.05) is 19.9 Å². The molecule has 118 valence electrons. The van der Waals surface area contributed by atoms with Crippen LogP contribution >= 0.6 is 11.6 Å². The summed E-state index contributed by atoms with van der Waals surface area (Å²) in [5.41, 5.74) is 0.934. The Kier molecular flexibility index (Phi) is 8.12. The van der Waals surface area contributed by atoms with Gasteiger partial charge in [0.2, 0.25) is 5.91 Å². The van der Waals surface area contributed by atoms with Crippen molar-refractivity contribution in [1.29, 1.82) is 0 Å². The smallest absolute Gasteiger partial charge is 0.221 e. The molecule has 0 aromatic heterocycles. The second-order valence-electron chi connectivity index (χ2n) is 4.78. The number of hydrogen-bond donors (Lipinski definition) is 3. The third-order valence-electron chi connectivity index (χ3n) is 2.85. The highest BCUT2D eigenvalue weighted by Crippen LogP contribution is 2.20. The Balaban J connectivity index is 2.17. The first-order valence-electron chi connectivity index (χ1n) is 7.07. The van der Waals surface area contributed by atoms with Gasteiger partial charge in [0.15, 0.2) is 0 Å². The Hall–Kier alpha value is -1.30. The van der Waals surface area contributed by atoms with Crippen LogP contribution in [0.3, 0.4) is 0 Å². The molecule has 21 heavy (non-hydrogen) atoms. The quantitative estimate of drug-likeness (QED) is 0.604. The molecule has 0 saturated carbocycles. The lowest BCUT2D eigenvalue weighted by Gasteiger charge is -2.13. The zero-order chi connectivity index (χ0) is 15.7. The molecule has 0 aliphatic carbocycles. The van der Waals surface area contributed by atoms with E-state index in [1.165, 1.54) is 0 Å². The van der Waals surface area contributed by atoms with Crippen LogP contribution in [0.5, 0.6) is 5.75 Å². The van der Waals surface area contributed by atoms with Gasteiger partial charge in [-0.15, -0.1) is 0 Å². The minimum atomic E-state index is -0.629. The SMILES string of the molecule is CCNC(=O)CCNCC(O)COc1ccc(Cl)c(C)c1. The minimum Gasteiger partial charge on any atom is -0.491 e. The van der Waals surface area contributed by atoms with Crippen LogP contribution in [0.15, 0.2) is 18.2 Å². The molecule has 1 atom stereocenters. The zero-order valence-corrected chi connectivity index (χ0v) is 13.2. The first-order chi connectivity index (χ1) is 10.0. The predicted molar refractivity (Wildman–Crippen MR) is 83.9 cm³/mol. The number of carbonyl (C=O) groups is 1. The van der Waals surface area contributed by atoms with Crippen molar-refractivity contribution in [2.45, 2.75) is 26.4 Å². The molecule has 0 fully saturated rings. The molecular weight excluding hydrogens is 292 g/mol. The third kappa shape index (κ3) is 7.32. The van der Waals surface area contributed by atoms with Crippen molar-refractivity contribution in [3.8, 4) is 5.75 Å². The van der Waals surface area contributed by atoms with Crippen molar-refractivity contribution in [3.05, 3.63) is 28.8 Å². The first kappa shape index (κ1) is 17.8. The summed E-state index contributed by atoms with van der Waals surface area (Å²) < 4.78 is 5.49. The molecule has 0 aliphatic rings. The lowest BCUT2D eigenvalue weighted by atomic mass is 10.2. The van der Waals surface area contributed by atoms with E-state index in [9.17, 15) is 9.90 Å². The van der Waals surface area contributed by atoms with E-state index in [1.54, 1.807) is 12.1 Å². The third-order valence-corrected chi connectivity index (χ3v) is 3.28. The van der Waals surface area contributed by atoms with E-state index in [4.69, 9.17) is 16.3 Å². The fraction of sp³-hybridized carbons (Fsp3) is 0.533. The summed E-state index contributed by atoms with van der Waals surface area (Å²) in [6.07, 6.45) is -0.229. The van der Waals surface area contributed by atoms with Crippen LogP contribution in [0.1, 0.15) is 18.9 Å². The number of rotatable bonds is 9. The van der Waals surface area contributed by atoms with Crippen LogP contribution in [0.4, 0.5) is 0 Å². The Labute approximate surface area is 130 Å². The normalized spacial score (nSPS) is 12.0. The number of nitrogens with one attached hydrogen (secondary N) is 2. The van der Waals surface area contributed by atoms with Gasteiger partial charge in [0.25, 0.3) is 0 Å². The summed E-state index contributed by atoms with van der Waals surface area (Å²) in [5.74, 6) is 0.686. The molecule has 1 aromatic rings. The fourth-order valence-corrected chi connectivity index (χ4v) is 1.83. The molecular formula is C15H23ClN2O3. The largest absolute Gasteiger partial charge is 0.491 e. The lowest BCUT2D eigenvalue weighted by Crippen LogP contribution is -2.34. The highest BCUT2D eigenvalue weighted by atomic mass is 35.5. The van der Waals surface area contributed by atoms with Crippen LogP contribution in [-0.4, -0.2) is 43.4 Å². The standard InChI is InChI=1S/C15H23ClN2O3/c1-3-18-15(20)6-7-17-9-12(19)10-21-13-4-5-14(16)11(2)8-13/h4-5,8,12,17,19H,3,6-7,9-10H2,1-2H3,(H,18,20). The number of carbonyl (C=O) groups excluding carboxylic acids is 1. The molecule has 5 nitrogen and oxygen atoms in total. The second-order valence-corrected chi connectivity index (χ2v) is 5.19. The van der Waals surface area contributed by atoms with Crippen LogP contribution in [0, 0.1) is 6.92 Å². The lowest BCUT2D eigenvalue weighted by molar-refractivity contribution is -0.120. The number of aliphatic hydroxyl groups is 1. The summed E-state index contributed by atoms with van der Waals surface area (Å²) in [6, 6.07) is 5.37. The van der Waals surface area contributed by atoms with E-state index in [0.29, 0.717) is 36.8 Å². The summed E-state index contributed by atoms with van der Waals surface area (Å²) in [6.45, 7) is 5.51. The number of aliphatic hydroxyl groups excluding tert-OH is 1. The Morgan fingerprint density at radius 3 is 2.90 bits per heavy atom. The molecule has 1 unspecified atom stereocenters. The molecule has 3 N–H and O–H groups in total. The highest BCUT2D eigenvalue weighted by molar-refractivity contribution is 6.31. The van der Waals surface area contributed by atoms with Gasteiger partial charge in [-0.1, -0.05) is 11.6 Å². The molecule has 0 radical (unpaired) electrons. The van der Waals surface area contributed by atoms with E-state index in [-0.39, 0.29) is 12.5 Å². The van der Waals surface area contributed by atoms with Gasteiger partial charge in [-0.25, -0.2) is 0 Å². The van der Waals surface area contributed by atoms with E-state index in [0.717, 1.165) is 5.56 Å². The van der Waals surface area contributed by atoms with Crippen LogP contribution in [0.25, 0.3) is 0 Å². The molecule has 0 spiro atoms. The molecule has 6 heteroatoms. The fourth-order valence-electron chi connectivity index (χ4n) is 1.71. The maximum absolute atomic E-state index is 11.2. The average Bonchev–Trinajstić information content (AvgIpc) is 2.45. The summed E-state index contributed by atoms with van der Waals surface area (Å²) in [5, 5.41) is 16.2. The van der Waals surface area contributed by atoms with Crippen LogP contribution in [0.2, 0.25) is 5.02 Å². The summed E-state index contributed by atoms with van der Waals surface area (Å²) in [4.78, 5) is 11.2. The van der Waals surface area contributed by atoms with Crippen molar-refractivity contribution < 1.29 is 14.6 Å². The molecule has 0 aliphatic heterocycles. The minimum absolute atomic E-state index is 0.00683. The van der Waals surface area contributed by atoms with Gasteiger partial charge in [-0.2, -0.15) is 0 Å². The average molecular weight is 315 g/mol. The Morgan fingerprint density at radius 1 is 1.48 bits per heavy atom. The molecule has 1 rings (SSSR count). The number of halogens is 1. The van der Waals surface area contributed by atoms with Gasteiger partial charge in [0, 0.05) is 31.1 Å². The Bertz CT molecular complexity index is 455. The first-order valence-corrected chi connectivity index (χ1v) is 7.45. The van der Waals surface area contributed by atoms with E-state index in [2.05, 4.69) is 10.6 Å². The van der Waals surface area contributed by atoms with Crippen molar-refractivity contribution in [3.63, 3.8) is 0 Å². The zero-order valence-electron chi connectivity index (χ0n) is 12.5. The van der Waals surface area contributed by atoms with Gasteiger partial charge in [0.1, 0.15) is 18.5 Å². The predicted octanol–water partition coefficient (Wildman–Crippen LogP) is 1.50. The van der Waals surface area contributed by atoms with E-state index >= 15 is 0 Å². The van der Waals surface area contributed by atoms with Gasteiger partial charge in [-0.05, 0) is 37.6 Å². The Morgan fingerprint density at radius 2 is 2.24 bits per heavy atom. The summed E-state index contributed by atoms with van der Waals surface area (Å²) >= 11 is 5.93. The van der Waals surface area contributed by atoms with Crippen molar-refractivity contribution >= 4 is 17.5 Å². The number of amides is 1. The van der Waals surface area contributed by atoms with Gasteiger partial charge in [-0.3, -0.25) is 4.79 Å². The number of hydrogen-bond acceptors (Lipinski definition) is 4. The maximum Gasteiger partial charge on any atom is 0.221 e. The number of ether oxygens (including phenoxy) is 1. The number of aryl methyl sites for hydroxylation is 1. The van der Waals surface area contributed by atoms with Crippen LogP contribution in [-0.2, 0) is 4.79 Å². The number of benzene rings is 1. The molecule has 1 aromatic carbocycles. The molecule has 0 heterocycles. The van der Waals surface area contributed by atoms with Crippen molar-refractivity contribution in [2.24, 2.45) is 0 Å². The molecule has 0 saturated heterocycles. The summed E-state index contributed by atoms with van der Waals surface area (Å²) in [7, 11) is 0. The van der Waals surface area contributed by atoms with Gasteiger partial charge >= 0.3 is 0 Å². The van der Waals surface area contributed by atoms with E-state index < -0.39 is 6.10 Å². The van der Waals surface area contributed by atoms with Crippen LogP contribution < -0.4 is 15.4 Å². The van der Waals surface area contributed by atoms with Crippen molar-refractivity contribution in [1.82, 2.24) is 10.6 Å². The van der Waals surface area contributed by atoms with Gasteiger partial charge < -0.3 is 20.5 Å². The van der Waals surface area contributed by atoms with Crippen molar-refractivity contribution in [2.75, 3.05) is 26.2 Å². The second kappa shape index (κ2) is 9.60.